The first-order valence-corrected chi connectivity index (χ1v) is 7.55. The summed E-state index contributed by atoms with van der Waals surface area (Å²) in [6.45, 7) is 1.06. The van der Waals surface area contributed by atoms with Crippen LogP contribution in [0.3, 0.4) is 0 Å². The molecule has 0 bridgehead atoms. The van der Waals surface area contributed by atoms with Crippen LogP contribution in [0.4, 0.5) is 0 Å². The highest BCUT2D eigenvalue weighted by Gasteiger charge is 2.22. The zero-order chi connectivity index (χ0) is 17.0. The standard InChI is InChI=1S/C14H12ClN3O4S/c1-7(19)17-14-18-13(21)11(23-14)5-8-2-3-10(9(15)4-8)22-6-12(16)20/h2-5H,6H2,1H3,(H2,16,20)(H,17,18,19,21). The van der Waals surface area contributed by atoms with Gasteiger partial charge in [-0.2, -0.15) is 4.99 Å². The number of nitrogens with one attached hydrogen (secondary N) is 1. The number of hydrogen-bond donors (Lipinski definition) is 2. The molecule has 1 aliphatic rings. The van der Waals surface area contributed by atoms with Crippen molar-refractivity contribution >= 4 is 52.3 Å². The lowest BCUT2D eigenvalue weighted by Crippen LogP contribution is -2.23. The average molecular weight is 354 g/mol. The van der Waals surface area contributed by atoms with Crippen LogP contribution in [0, 0.1) is 0 Å². The number of carbonyl (C=O) groups excluding carboxylic acids is 3. The van der Waals surface area contributed by atoms with Gasteiger partial charge in [-0.1, -0.05) is 17.7 Å². The van der Waals surface area contributed by atoms with Crippen molar-refractivity contribution in [1.29, 1.82) is 0 Å². The molecule has 1 aromatic carbocycles. The van der Waals surface area contributed by atoms with E-state index < -0.39 is 11.8 Å². The Hall–Kier alpha value is -2.32. The number of hydrogen-bond acceptors (Lipinski definition) is 5. The first-order valence-electron chi connectivity index (χ1n) is 6.36. The minimum atomic E-state index is -0.608. The number of amidine groups is 1. The number of aliphatic imine (C=N–C) groups is 1. The fraction of sp³-hybridized carbons (Fsp3) is 0.143. The number of ether oxygens (including phenoxy) is 1. The summed E-state index contributed by atoms with van der Waals surface area (Å²) in [5.41, 5.74) is 5.64. The number of rotatable bonds is 4. The lowest BCUT2D eigenvalue weighted by atomic mass is 10.2. The van der Waals surface area contributed by atoms with Crippen molar-refractivity contribution in [1.82, 2.24) is 5.32 Å². The Morgan fingerprint density at radius 2 is 2.22 bits per heavy atom. The number of amides is 3. The molecule has 1 aromatic rings. The molecule has 0 saturated heterocycles. The molecular formula is C14H12ClN3O4S. The van der Waals surface area contributed by atoms with Gasteiger partial charge >= 0.3 is 0 Å². The van der Waals surface area contributed by atoms with E-state index in [9.17, 15) is 14.4 Å². The van der Waals surface area contributed by atoms with Crippen LogP contribution in [0.15, 0.2) is 28.1 Å². The van der Waals surface area contributed by atoms with Crippen molar-refractivity contribution in [3.05, 3.63) is 33.7 Å². The molecule has 0 saturated carbocycles. The number of benzene rings is 1. The van der Waals surface area contributed by atoms with E-state index in [-0.39, 0.29) is 22.7 Å². The van der Waals surface area contributed by atoms with Gasteiger partial charge in [-0.3, -0.25) is 14.4 Å². The van der Waals surface area contributed by atoms with E-state index in [1.165, 1.54) is 6.92 Å². The zero-order valence-electron chi connectivity index (χ0n) is 12.0. The molecular weight excluding hydrogens is 342 g/mol. The molecule has 1 aliphatic heterocycles. The van der Waals surface area contributed by atoms with Crippen LogP contribution in [-0.4, -0.2) is 29.5 Å². The minimum absolute atomic E-state index is 0.237. The summed E-state index contributed by atoms with van der Waals surface area (Å²) >= 11 is 7.11. The molecule has 3 amide bonds. The van der Waals surface area contributed by atoms with Gasteiger partial charge in [0.15, 0.2) is 11.8 Å². The molecule has 0 aromatic heterocycles. The van der Waals surface area contributed by atoms with Crippen LogP contribution in [0.5, 0.6) is 5.75 Å². The summed E-state index contributed by atoms with van der Waals surface area (Å²) in [6.07, 6.45) is 1.59. The number of halogens is 1. The fourth-order valence-corrected chi connectivity index (χ4v) is 2.74. The molecule has 3 N–H and O–H groups in total. The van der Waals surface area contributed by atoms with E-state index in [1.807, 2.05) is 0 Å². The molecule has 9 heteroatoms. The van der Waals surface area contributed by atoms with Gasteiger partial charge in [-0.15, -0.1) is 0 Å². The molecule has 1 heterocycles. The third-order valence-corrected chi connectivity index (χ3v) is 3.72. The highest BCUT2D eigenvalue weighted by atomic mass is 35.5. The van der Waals surface area contributed by atoms with Crippen LogP contribution in [0.1, 0.15) is 12.5 Å². The van der Waals surface area contributed by atoms with E-state index in [1.54, 1.807) is 24.3 Å². The maximum Gasteiger partial charge on any atom is 0.286 e. The van der Waals surface area contributed by atoms with Crippen molar-refractivity contribution in [2.45, 2.75) is 6.92 Å². The van der Waals surface area contributed by atoms with E-state index in [0.717, 1.165) is 11.8 Å². The monoisotopic (exact) mass is 353 g/mol. The molecule has 7 nitrogen and oxygen atoms in total. The molecule has 0 spiro atoms. The van der Waals surface area contributed by atoms with E-state index in [0.29, 0.717) is 16.2 Å². The van der Waals surface area contributed by atoms with Gasteiger partial charge in [0.05, 0.1) is 9.93 Å². The normalized spacial score (nSPS) is 15.5. The molecule has 23 heavy (non-hydrogen) atoms. The summed E-state index contributed by atoms with van der Waals surface area (Å²) in [7, 11) is 0. The van der Waals surface area contributed by atoms with Crippen molar-refractivity contribution in [2.75, 3.05) is 6.61 Å². The first kappa shape index (κ1) is 17.0. The SMILES string of the molecule is CC(=O)NC1=NC(=O)C(=Cc2ccc(OCC(N)=O)c(Cl)c2)S1. The number of primary amides is 1. The predicted octanol–water partition coefficient (Wildman–Crippen LogP) is 1.31. The van der Waals surface area contributed by atoms with Crippen molar-refractivity contribution < 1.29 is 19.1 Å². The summed E-state index contributed by atoms with van der Waals surface area (Å²) in [5, 5.41) is 2.97. The topological polar surface area (TPSA) is 111 Å². The van der Waals surface area contributed by atoms with Gasteiger partial charge in [0.1, 0.15) is 5.75 Å². The largest absolute Gasteiger partial charge is 0.482 e. The van der Waals surface area contributed by atoms with Crippen LogP contribution >= 0.6 is 23.4 Å². The van der Waals surface area contributed by atoms with Crippen molar-refractivity contribution in [3.63, 3.8) is 0 Å². The van der Waals surface area contributed by atoms with E-state index >= 15 is 0 Å². The highest BCUT2D eigenvalue weighted by molar-refractivity contribution is 8.18. The van der Waals surface area contributed by atoms with Crippen LogP contribution in [0.2, 0.25) is 5.02 Å². The lowest BCUT2D eigenvalue weighted by Gasteiger charge is -2.06. The van der Waals surface area contributed by atoms with Gasteiger partial charge in [0, 0.05) is 6.92 Å². The molecule has 0 atom stereocenters. The van der Waals surface area contributed by atoms with Gasteiger partial charge < -0.3 is 15.8 Å². The fourth-order valence-electron chi connectivity index (χ4n) is 1.64. The molecule has 0 radical (unpaired) electrons. The van der Waals surface area contributed by atoms with E-state index in [2.05, 4.69) is 10.3 Å². The molecule has 2 rings (SSSR count). The quantitative estimate of drug-likeness (QED) is 0.793. The van der Waals surface area contributed by atoms with Gasteiger partial charge in [0.25, 0.3) is 11.8 Å². The first-order chi connectivity index (χ1) is 10.8. The Morgan fingerprint density at radius 3 is 2.83 bits per heavy atom. The van der Waals surface area contributed by atoms with Crippen LogP contribution in [0.25, 0.3) is 6.08 Å². The third-order valence-electron chi connectivity index (χ3n) is 2.53. The molecule has 0 unspecified atom stereocenters. The Labute approximate surface area is 140 Å². The second-order valence-corrected chi connectivity index (χ2v) is 5.90. The predicted molar refractivity (Wildman–Crippen MR) is 88.0 cm³/mol. The van der Waals surface area contributed by atoms with E-state index in [4.69, 9.17) is 22.1 Å². The van der Waals surface area contributed by atoms with Crippen LogP contribution < -0.4 is 15.8 Å². The maximum atomic E-state index is 11.8. The van der Waals surface area contributed by atoms with Gasteiger partial charge in [0.2, 0.25) is 5.91 Å². The maximum absolute atomic E-state index is 11.8. The third kappa shape index (κ3) is 4.83. The summed E-state index contributed by atoms with van der Waals surface area (Å²) in [6, 6.07) is 4.81. The number of nitrogens with zero attached hydrogens (tertiary/aromatic N) is 1. The van der Waals surface area contributed by atoms with Gasteiger partial charge in [-0.05, 0) is 35.5 Å². The zero-order valence-corrected chi connectivity index (χ0v) is 13.5. The summed E-state index contributed by atoms with van der Waals surface area (Å²) in [4.78, 5) is 37.5. The number of carbonyl (C=O) groups is 3. The van der Waals surface area contributed by atoms with Gasteiger partial charge in [-0.25, -0.2) is 0 Å². The second-order valence-electron chi connectivity index (χ2n) is 4.46. The smallest absolute Gasteiger partial charge is 0.286 e. The Bertz CT molecular complexity index is 746. The lowest BCUT2D eigenvalue weighted by molar-refractivity contribution is -0.120. The average Bonchev–Trinajstić information content (AvgIpc) is 2.76. The Kier molecular flexibility index (Phi) is 5.41. The van der Waals surface area contributed by atoms with Crippen LogP contribution in [-0.2, 0) is 14.4 Å². The Balaban J connectivity index is 2.11. The summed E-state index contributed by atoms with van der Waals surface area (Å²) < 4.78 is 5.14. The second kappa shape index (κ2) is 7.30. The van der Waals surface area contributed by atoms with Crippen molar-refractivity contribution in [3.8, 4) is 5.75 Å². The Morgan fingerprint density at radius 1 is 1.48 bits per heavy atom. The number of nitrogens with two attached hydrogens (primary N) is 1. The minimum Gasteiger partial charge on any atom is -0.482 e. The molecule has 0 aliphatic carbocycles. The van der Waals surface area contributed by atoms with Crippen molar-refractivity contribution in [2.24, 2.45) is 10.7 Å². The summed E-state index contributed by atoms with van der Waals surface area (Å²) in [5.74, 6) is -1.04. The number of thioether (sulfide) groups is 1. The molecule has 0 fully saturated rings. The molecule has 120 valence electrons. The highest BCUT2D eigenvalue weighted by Crippen LogP contribution is 2.30.